The monoisotopic (exact) mass is 847 g/mol. The number of aliphatic hydroxyl groups excluding tert-OH is 4. The first-order valence-corrected chi connectivity index (χ1v) is 23.9. The number of ether oxygens (including phenoxy) is 2. The minimum absolute atomic E-state index is 0.00425. The molecule has 14 heteroatoms. The molecule has 1 unspecified atom stereocenters. The first kappa shape index (κ1) is 54.1. The number of hydrogen-bond acceptors (Lipinski definition) is 12. The second-order valence-electron chi connectivity index (χ2n) is 15.9. The topological polar surface area (TPSA) is 206 Å². The molecule has 1 aliphatic rings. The van der Waals surface area contributed by atoms with E-state index in [9.17, 15) is 39.2 Å². The van der Waals surface area contributed by atoms with Crippen molar-refractivity contribution >= 4 is 25.5 Å². The summed E-state index contributed by atoms with van der Waals surface area (Å²) in [6.07, 6.45) is 26.5. The first-order chi connectivity index (χ1) is 27.9. The van der Waals surface area contributed by atoms with Crippen molar-refractivity contribution in [3.8, 4) is 0 Å². The second kappa shape index (κ2) is 34.7. The van der Waals surface area contributed by atoms with Crippen molar-refractivity contribution in [3.63, 3.8) is 0 Å². The van der Waals surface area contributed by atoms with E-state index in [0.717, 1.165) is 38.5 Å². The van der Waals surface area contributed by atoms with Crippen molar-refractivity contribution in [1.29, 1.82) is 0 Å². The van der Waals surface area contributed by atoms with Crippen LogP contribution in [-0.2, 0) is 37.5 Å². The molecule has 338 valence electrons. The Hall–Kier alpha value is -1.96. The molecule has 0 radical (unpaired) electrons. The van der Waals surface area contributed by atoms with E-state index in [-0.39, 0.29) is 31.0 Å². The smallest absolute Gasteiger partial charge is 0.462 e. The Kier molecular flexibility index (Phi) is 32.4. The predicted octanol–water partition coefficient (Wildman–Crippen LogP) is 8.37. The second-order valence-corrected chi connectivity index (χ2v) is 17.3. The maximum absolute atomic E-state index is 12.7. The Morgan fingerprint density at radius 2 is 1.31 bits per heavy atom. The van der Waals surface area contributed by atoms with Crippen LogP contribution in [0.25, 0.3) is 0 Å². The van der Waals surface area contributed by atoms with Crippen LogP contribution in [0.1, 0.15) is 174 Å². The number of aliphatic hydroxyl groups is 4. The van der Waals surface area contributed by atoms with Gasteiger partial charge in [-0.15, -0.1) is 0 Å². The van der Waals surface area contributed by atoms with Gasteiger partial charge in [0.2, 0.25) is 0 Å². The molecule has 0 bridgehead atoms. The summed E-state index contributed by atoms with van der Waals surface area (Å²) in [6.45, 7) is 1.98. The Labute approximate surface area is 349 Å². The highest BCUT2D eigenvalue weighted by Gasteiger charge is 2.39. The molecule has 0 spiro atoms. The van der Waals surface area contributed by atoms with Crippen LogP contribution >= 0.6 is 7.82 Å². The van der Waals surface area contributed by atoms with Gasteiger partial charge >= 0.3 is 19.8 Å². The quantitative estimate of drug-likeness (QED) is 0.0172. The Bertz CT molecular complexity index is 1180. The van der Waals surface area contributed by atoms with Crippen LogP contribution in [0.4, 0.5) is 0 Å². The molecule has 0 aliphatic heterocycles. The minimum Gasteiger partial charge on any atom is -0.462 e. The summed E-state index contributed by atoms with van der Waals surface area (Å²) in [6, 6.07) is 0. The van der Waals surface area contributed by atoms with Gasteiger partial charge in [-0.1, -0.05) is 147 Å². The summed E-state index contributed by atoms with van der Waals surface area (Å²) in [5.74, 6) is -1.93. The number of unbranched alkanes of at least 4 members (excludes halogenated alkanes) is 17. The van der Waals surface area contributed by atoms with Gasteiger partial charge in [0.1, 0.15) is 18.5 Å². The van der Waals surface area contributed by atoms with Gasteiger partial charge in [0.05, 0.1) is 32.0 Å². The first-order valence-electron chi connectivity index (χ1n) is 22.4. The average Bonchev–Trinajstić information content (AvgIpc) is 3.47. The predicted molar refractivity (Wildman–Crippen MR) is 225 cm³/mol. The zero-order valence-corrected chi connectivity index (χ0v) is 36.6. The molecule has 13 nitrogen and oxygen atoms in total. The van der Waals surface area contributed by atoms with E-state index in [2.05, 4.69) is 18.4 Å². The number of phosphoric ester groups is 1. The van der Waals surface area contributed by atoms with Gasteiger partial charge < -0.3 is 34.8 Å². The number of rotatable bonds is 38. The molecular formula is C44H79O13P. The molecule has 0 heterocycles. The fourth-order valence-electron chi connectivity index (χ4n) is 6.92. The van der Waals surface area contributed by atoms with Crippen molar-refractivity contribution < 1.29 is 62.8 Å². The minimum atomic E-state index is -4.69. The molecule has 0 aromatic heterocycles. The molecule has 0 aromatic rings. The van der Waals surface area contributed by atoms with Gasteiger partial charge in [-0.25, -0.2) is 4.57 Å². The normalized spacial score (nSPS) is 19.8. The third kappa shape index (κ3) is 28.5. The van der Waals surface area contributed by atoms with Crippen LogP contribution in [0.5, 0.6) is 0 Å². The third-order valence-corrected chi connectivity index (χ3v) is 11.4. The molecular weight excluding hydrogens is 767 g/mol. The van der Waals surface area contributed by atoms with Crippen molar-refractivity contribution in [1.82, 2.24) is 0 Å². The van der Waals surface area contributed by atoms with Gasteiger partial charge in [-0.05, 0) is 32.1 Å². The van der Waals surface area contributed by atoms with E-state index in [1.165, 1.54) is 70.6 Å². The Morgan fingerprint density at radius 1 is 0.759 bits per heavy atom. The van der Waals surface area contributed by atoms with E-state index in [4.69, 9.17) is 19.1 Å². The molecule has 58 heavy (non-hydrogen) atoms. The van der Waals surface area contributed by atoms with Gasteiger partial charge in [0.25, 0.3) is 0 Å². The molecule has 1 aliphatic carbocycles. The van der Waals surface area contributed by atoms with Crippen molar-refractivity contribution in [2.75, 3.05) is 26.4 Å². The van der Waals surface area contributed by atoms with Gasteiger partial charge in [0, 0.05) is 31.1 Å². The van der Waals surface area contributed by atoms with Crippen LogP contribution in [0.15, 0.2) is 24.3 Å². The fraction of sp³-hybridized carbons (Fsp3) is 0.841. The molecule has 0 amide bonds. The zero-order chi connectivity index (χ0) is 42.9. The molecule has 1 fully saturated rings. The number of esters is 2. The molecule has 5 N–H and O–H groups in total. The standard InChI is InChI=1S/C44H79O13P/c1-3-5-7-8-9-10-11-12-13-14-15-16-17-18-23-27-43(50)54-34-38(35-56-58(52,53)55-33-37(47)32-45)57-44(51)28-24-20-19-22-26-39-40(42(49)31-41(39)48)30-29-36(46)25-21-6-4-2/h19,22,29-30,36-41,45-48H,3-18,20-21,23-28,31-35H2,1-2H3,(H,52,53)/b22-19-,30-29+/t36-,37-,38+,39+,40+,41-/m0/s1. The molecule has 1 rings (SSSR count). The third-order valence-electron chi connectivity index (χ3n) is 10.5. The average molecular weight is 847 g/mol. The summed E-state index contributed by atoms with van der Waals surface area (Å²) in [5, 5.41) is 39.1. The van der Waals surface area contributed by atoms with Crippen molar-refractivity contribution in [2.45, 2.75) is 199 Å². The number of Topliss-reactive ketones (excluding diaryl/α,β-unsaturated/α-hetero) is 1. The van der Waals surface area contributed by atoms with Crippen LogP contribution in [0, 0.1) is 11.8 Å². The lowest BCUT2D eigenvalue weighted by molar-refractivity contribution is -0.161. The van der Waals surface area contributed by atoms with Crippen LogP contribution in [-0.4, -0.2) is 93.9 Å². The van der Waals surface area contributed by atoms with E-state index in [0.29, 0.717) is 32.1 Å². The number of hydrogen-bond donors (Lipinski definition) is 5. The van der Waals surface area contributed by atoms with Crippen molar-refractivity contribution in [3.05, 3.63) is 24.3 Å². The Morgan fingerprint density at radius 3 is 1.91 bits per heavy atom. The highest BCUT2D eigenvalue weighted by atomic mass is 31.2. The van der Waals surface area contributed by atoms with E-state index in [1.54, 1.807) is 12.2 Å². The van der Waals surface area contributed by atoms with Crippen LogP contribution in [0.3, 0.4) is 0 Å². The Balaban J connectivity index is 2.47. The van der Waals surface area contributed by atoms with Crippen LogP contribution in [0.2, 0.25) is 0 Å². The zero-order valence-electron chi connectivity index (χ0n) is 35.7. The summed E-state index contributed by atoms with van der Waals surface area (Å²) in [7, 11) is -4.69. The van der Waals surface area contributed by atoms with Gasteiger partial charge in [0.15, 0.2) is 6.10 Å². The van der Waals surface area contributed by atoms with Gasteiger partial charge in [-0.2, -0.15) is 0 Å². The largest absolute Gasteiger partial charge is 0.472 e. The van der Waals surface area contributed by atoms with Crippen molar-refractivity contribution in [2.24, 2.45) is 11.8 Å². The fourth-order valence-corrected chi connectivity index (χ4v) is 7.71. The molecule has 7 atom stereocenters. The lowest BCUT2D eigenvalue weighted by Crippen LogP contribution is -2.29. The van der Waals surface area contributed by atoms with E-state index in [1.807, 2.05) is 12.2 Å². The summed E-state index contributed by atoms with van der Waals surface area (Å²) in [5.41, 5.74) is 0. The van der Waals surface area contributed by atoms with Crippen LogP contribution < -0.4 is 0 Å². The number of ketones is 1. The number of allylic oxidation sites excluding steroid dienone is 3. The molecule has 0 aromatic carbocycles. The lowest BCUT2D eigenvalue weighted by Gasteiger charge is -2.20. The number of carbonyl (C=O) groups is 3. The maximum atomic E-state index is 12.7. The maximum Gasteiger partial charge on any atom is 0.472 e. The SMILES string of the molecule is CCCCCCCCCCCCCCCCCC(=O)OC[C@H](COP(=O)(O)OC[C@@H](O)CO)OC(=O)CCC/C=C\C[C@H]1[C@@H](O)CC(=O)[C@@H]1/C=C/[C@@H](O)CCCCC. The summed E-state index contributed by atoms with van der Waals surface area (Å²) >= 11 is 0. The summed E-state index contributed by atoms with van der Waals surface area (Å²) in [4.78, 5) is 47.7. The number of carbonyl (C=O) groups excluding carboxylic acids is 3. The van der Waals surface area contributed by atoms with E-state index < -0.39 is 76.5 Å². The van der Waals surface area contributed by atoms with E-state index >= 15 is 0 Å². The summed E-state index contributed by atoms with van der Waals surface area (Å²) < 4.78 is 32.7. The number of phosphoric acid groups is 1. The highest BCUT2D eigenvalue weighted by Crippen LogP contribution is 2.43. The lowest BCUT2D eigenvalue weighted by atomic mass is 9.90. The molecule has 1 saturated carbocycles. The van der Waals surface area contributed by atoms with Gasteiger partial charge in [-0.3, -0.25) is 23.4 Å². The molecule has 0 saturated heterocycles. The highest BCUT2D eigenvalue weighted by molar-refractivity contribution is 7.47.